The normalized spacial score (nSPS) is 19.9. The predicted octanol–water partition coefficient (Wildman–Crippen LogP) is 0.893. The molecule has 1 fully saturated rings. The van der Waals surface area contributed by atoms with Crippen LogP contribution in [0.25, 0.3) is 0 Å². The van der Waals surface area contributed by atoms with E-state index in [4.69, 9.17) is 9.84 Å². The molecule has 1 aromatic carbocycles. The third-order valence-electron chi connectivity index (χ3n) is 3.78. The third kappa shape index (κ3) is 3.11. The average molecular weight is 278 g/mol. The van der Waals surface area contributed by atoms with Crippen LogP contribution >= 0.6 is 0 Å². The van der Waals surface area contributed by atoms with Crippen molar-refractivity contribution >= 4 is 5.91 Å². The fourth-order valence-corrected chi connectivity index (χ4v) is 2.77. The van der Waals surface area contributed by atoms with Crippen molar-refractivity contribution in [2.24, 2.45) is 0 Å². The second kappa shape index (κ2) is 6.72. The number of carbonyl (C=O) groups excluding carboxylic acids is 1. The number of piperazine rings is 1. The van der Waals surface area contributed by atoms with Crippen LogP contribution in [0.1, 0.15) is 18.5 Å². The second-order valence-corrected chi connectivity index (χ2v) is 4.99. The van der Waals surface area contributed by atoms with E-state index in [1.807, 2.05) is 29.2 Å². The van der Waals surface area contributed by atoms with Crippen molar-refractivity contribution in [2.45, 2.75) is 13.0 Å². The summed E-state index contributed by atoms with van der Waals surface area (Å²) in [6, 6.07) is 7.78. The van der Waals surface area contributed by atoms with Crippen LogP contribution in [0.3, 0.4) is 0 Å². The van der Waals surface area contributed by atoms with Crippen molar-refractivity contribution in [1.29, 1.82) is 0 Å². The zero-order valence-electron chi connectivity index (χ0n) is 12.1. The van der Waals surface area contributed by atoms with Gasteiger partial charge in [-0.3, -0.25) is 9.69 Å². The summed E-state index contributed by atoms with van der Waals surface area (Å²) in [6.07, 6.45) is 0. The molecule has 0 aliphatic carbocycles. The van der Waals surface area contributed by atoms with Crippen molar-refractivity contribution in [2.75, 3.05) is 39.9 Å². The van der Waals surface area contributed by atoms with Gasteiger partial charge >= 0.3 is 0 Å². The Morgan fingerprint density at radius 3 is 2.80 bits per heavy atom. The molecule has 1 N–H and O–H groups in total. The number of hydrogen-bond acceptors (Lipinski definition) is 4. The van der Waals surface area contributed by atoms with Crippen LogP contribution in [0.15, 0.2) is 24.3 Å². The topological polar surface area (TPSA) is 53.0 Å². The summed E-state index contributed by atoms with van der Waals surface area (Å²) in [5.74, 6) is 0.874. The van der Waals surface area contributed by atoms with E-state index in [1.54, 1.807) is 14.0 Å². The number of rotatable bonds is 4. The lowest BCUT2D eigenvalue weighted by atomic mass is 10.0. The standard InChI is InChI=1S/C15H22N2O3/c1-12(19)17-8-7-16(9-10-18)11-14(17)13-5-3-4-6-15(13)20-2/h3-6,14,18H,7-11H2,1-2H3. The van der Waals surface area contributed by atoms with Crippen LogP contribution in [0.2, 0.25) is 0 Å². The van der Waals surface area contributed by atoms with Gasteiger partial charge in [-0.25, -0.2) is 0 Å². The lowest BCUT2D eigenvalue weighted by Crippen LogP contribution is -2.50. The number of aliphatic hydroxyl groups excluding tert-OH is 1. The minimum atomic E-state index is -0.0241. The van der Waals surface area contributed by atoms with Crippen LogP contribution in [0.4, 0.5) is 0 Å². The van der Waals surface area contributed by atoms with Gasteiger partial charge in [-0.15, -0.1) is 0 Å². The van der Waals surface area contributed by atoms with E-state index < -0.39 is 0 Å². The highest BCUT2D eigenvalue weighted by Crippen LogP contribution is 2.32. The molecule has 20 heavy (non-hydrogen) atoms. The lowest BCUT2D eigenvalue weighted by molar-refractivity contribution is -0.134. The molecule has 0 spiro atoms. The molecule has 1 aliphatic rings. The zero-order valence-corrected chi connectivity index (χ0v) is 12.1. The fraction of sp³-hybridized carbons (Fsp3) is 0.533. The highest BCUT2D eigenvalue weighted by atomic mass is 16.5. The van der Waals surface area contributed by atoms with Crippen LogP contribution in [-0.2, 0) is 4.79 Å². The Morgan fingerprint density at radius 2 is 2.15 bits per heavy atom. The predicted molar refractivity (Wildman–Crippen MR) is 76.6 cm³/mol. The number of aliphatic hydroxyl groups is 1. The molecular formula is C15H22N2O3. The van der Waals surface area contributed by atoms with Crippen molar-refractivity contribution in [3.8, 4) is 5.75 Å². The van der Waals surface area contributed by atoms with E-state index in [9.17, 15) is 4.79 Å². The number of ether oxygens (including phenoxy) is 1. The molecule has 0 radical (unpaired) electrons. The fourth-order valence-electron chi connectivity index (χ4n) is 2.77. The quantitative estimate of drug-likeness (QED) is 0.889. The first kappa shape index (κ1) is 14.8. The maximum atomic E-state index is 11.9. The number of benzene rings is 1. The summed E-state index contributed by atoms with van der Waals surface area (Å²) < 4.78 is 5.42. The van der Waals surface area contributed by atoms with Crippen LogP contribution in [0.5, 0.6) is 5.75 Å². The summed E-state index contributed by atoms with van der Waals surface area (Å²) >= 11 is 0. The summed E-state index contributed by atoms with van der Waals surface area (Å²) in [4.78, 5) is 15.9. The maximum Gasteiger partial charge on any atom is 0.220 e. The Morgan fingerprint density at radius 1 is 1.40 bits per heavy atom. The summed E-state index contributed by atoms with van der Waals surface area (Å²) in [6.45, 7) is 4.57. The molecule has 0 saturated carbocycles. The Labute approximate surface area is 119 Å². The molecule has 1 heterocycles. The van der Waals surface area contributed by atoms with Gasteiger partial charge in [-0.05, 0) is 6.07 Å². The number of carbonyl (C=O) groups is 1. The van der Waals surface area contributed by atoms with Gasteiger partial charge in [0.25, 0.3) is 0 Å². The summed E-state index contributed by atoms with van der Waals surface area (Å²) in [7, 11) is 1.64. The Hall–Kier alpha value is -1.59. The van der Waals surface area contributed by atoms with E-state index >= 15 is 0 Å². The largest absolute Gasteiger partial charge is 0.496 e. The van der Waals surface area contributed by atoms with Gasteiger partial charge in [0.05, 0.1) is 19.8 Å². The Kier molecular flexibility index (Phi) is 4.98. The van der Waals surface area contributed by atoms with E-state index in [1.165, 1.54) is 0 Å². The highest BCUT2D eigenvalue weighted by molar-refractivity contribution is 5.74. The van der Waals surface area contributed by atoms with E-state index in [0.717, 1.165) is 24.4 Å². The second-order valence-electron chi connectivity index (χ2n) is 4.99. The van der Waals surface area contributed by atoms with Gasteiger partial charge < -0.3 is 14.7 Å². The van der Waals surface area contributed by atoms with Crippen molar-refractivity contribution in [3.63, 3.8) is 0 Å². The number of β-amino-alcohol motifs (C(OH)–C–C–N with tert-alkyl or cyclic N) is 1. The van der Waals surface area contributed by atoms with Crippen molar-refractivity contribution in [1.82, 2.24) is 9.80 Å². The molecule has 5 heteroatoms. The van der Waals surface area contributed by atoms with Crippen molar-refractivity contribution < 1.29 is 14.6 Å². The number of hydrogen-bond donors (Lipinski definition) is 1. The highest BCUT2D eigenvalue weighted by Gasteiger charge is 2.31. The van der Waals surface area contributed by atoms with Crippen molar-refractivity contribution in [3.05, 3.63) is 29.8 Å². The summed E-state index contributed by atoms with van der Waals surface area (Å²) in [5, 5.41) is 9.10. The molecule has 0 aromatic heterocycles. The van der Waals surface area contributed by atoms with Gasteiger partial charge in [0.2, 0.25) is 5.91 Å². The number of para-hydroxylation sites is 1. The monoisotopic (exact) mass is 278 g/mol. The molecule has 1 aliphatic heterocycles. The molecule has 1 unspecified atom stereocenters. The molecule has 1 aromatic rings. The molecule has 0 bridgehead atoms. The van der Waals surface area contributed by atoms with Gasteiger partial charge in [-0.1, -0.05) is 18.2 Å². The SMILES string of the molecule is COc1ccccc1C1CN(CCO)CCN1C(C)=O. The lowest BCUT2D eigenvalue weighted by Gasteiger charge is -2.41. The average Bonchev–Trinajstić information content (AvgIpc) is 2.47. The van der Waals surface area contributed by atoms with Crippen LogP contribution in [-0.4, -0.2) is 60.7 Å². The molecule has 1 amide bonds. The van der Waals surface area contributed by atoms with Gasteiger partial charge in [-0.2, -0.15) is 0 Å². The third-order valence-corrected chi connectivity index (χ3v) is 3.78. The number of nitrogens with zero attached hydrogens (tertiary/aromatic N) is 2. The zero-order chi connectivity index (χ0) is 14.5. The Bertz CT molecular complexity index is 464. The van der Waals surface area contributed by atoms with Crippen LogP contribution < -0.4 is 4.74 Å². The van der Waals surface area contributed by atoms with E-state index in [-0.39, 0.29) is 18.6 Å². The maximum absolute atomic E-state index is 11.9. The van der Waals surface area contributed by atoms with Gasteiger partial charge in [0, 0.05) is 38.7 Å². The molecular weight excluding hydrogens is 256 g/mol. The molecule has 2 rings (SSSR count). The number of amides is 1. The first-order chi connectivity index (χ1) is 9.67. The number of methoxy groups -OCH3 is 1. The van der Waals surface area contributed by atoms with Gasteiger partial charge in [0.1, 0.15) is 5.75 Å². The van der Waals surface area contributed by atoms with E-state index in [0.29, 0.717) is 13.1 Å². The molecule has 110 valence electrons. The first-order valence-electron chi connectivity index (χ1n) is 6.90. The first-order valence-corrected chi connectivity index (χ1v) is 6.90. The van der Waals surface area contributed by atoms with Gasteiger partial charge in [0.15, 0.2) is 0 Å². The minimum absolute atomic E-state index is 0.0241. The smallest absolute Gasteiger partial charge is 0.220 e. The molecule has 1 atom stereocenters. The van der Waals surface area contributed by atoms with Crippen LogP contribution in [0, 0.1) is 0 Å². The Balaban J connectivity index is 2.29. The molecule has 5 nitrogen and oxygen atoms in total. The minimum Gasteiger partial charge on any atom is -0.496 e. The summed E-state index contributed by atoms with van der Waals surface area (Å²) in [5.41, 5.74) is 1.02. The molecule has 1 saturated heterocycles. The van der Waals surface area contributed by atoms with E-state index in [2.05, 4.69) is 4.90 Å².